The lowest BCUT2D eigenvalue weighted by atomic mass is 9.91. The molecule has 0 saturated heterocycles. The van der Waals surface area contributed by atoms with Crippen LogP contribution in [0.2, 0.25) is 0 Å². The molecule has 0 amide bonds. The molecule has 0 aliphatic carbocycles. The van der Waals surface area contributed by atoms with Crippen molar-refractivity contribution in [3.05, 3.63) is 102 Å². The number of nitrogens with zero attached hydrogens (tertiary/aromatic N) is 2. The van der Waals surface area contributed by atoms with Gasteiger partial charge in [0.2, 0.25) is 0 Å². The van der Waals surface area contributed by atoms with Gasteiger partial charge in [-0.2, -0.15) is 0 Å². The largest absolute Gasteiger partial charge is 0.355 e. The van der Waals surface area contributed by atoms with Gasteiger partial charge >= 0.3 is 0 Å². The molecule has 0 fully saturated rings. The van der Waals surface area contributed by atoms with Crippen LogP contribution in [0, 0.1) is 5.82 Å². The van der Waals surface area contributed by atoms with Gasteiger partial charge in [0.25, 0.3) is 0 Å². The molecule has 1 aromatic heterocycles. The highest BCUT2D eigenvalue weighted by molar-refractivity contribution is 14.0. The molecule has 0 unspecified atom stereocenters. The van der Waals surface area contributed by atoms with Crippen molar-refractivity contribution in [3.63, 3.8) is 0 Å². The highest BCUT2D eigenvalue weighted by atomic mass is 127. The Labute approximate surface area is 182 Å². The number of aromatic nitrogens is 1. The summed E-state index contributed by atoms with van der Waals surface area (Å²) in [7, 11) is 1.70. The summed E-state index contributed by atoms with van der Waals surface area (Å²) in [6.07, 6.45) is 1.58. The number of pyridine rings is 1. The minimum atomic E-state index is -0.327. The number of halogens is 2. The van der Waals surface area contributed by atoms with Crippen molar-refractivity contribution in [1.82, 2.24) is 15.6 Å². The van der Waals surface area contributed by atoms with Crippen molar-refractivity contribution in [2.75, 3.05) is 13.6 Å². The molecular formula is C22H24FIN4. The van der Waals surface area contributed by atoms with E-state index in [-0.39, 0.29) is 42.3 Å². The summed E-state index contributed by atoms with van der Waals surface area (Å²) in [6, 6.07) is 23.7. The van der Waals surface area contributed by atoms with Crippen LogP contribution in [-0.4, -0.2) is 24.5 Å². The summed E-state index contributed by atoms with van der Waals surface area (Å²) in [5.41, 5.74) is 2.81. The normalized spacial score (nSPS) is 11.0. The van der Waals surface area contributed by atoms with E-state index in [4.69, 9.17) is 0 Å². The van der Waals surface area contributed by atoms with E-state index in [0.29, 0.717) is 18.2 Å². The monoisotopic (exact) mass is 490 g/mol. The predicted molar refractivity (Wildman–Crippen MR) is 123 cm³/mol. The Balaban J connectivity index is 0.00000280. The third-order valence-electron chi connectivity index (χ3n) is 4.36. The van der Waals surface area contributed by atoms with Gasteiger partial charge in [0, 0.05) is 25.7 Å². The molecule has 0 saturated carbocycles. The van der Waals surface area contributed by atoms with Crippen molar-refractivity contribution in [2.24, 2.45) is 4.99 Å². The van der Waals surface area contributed by atoms with Crippen LogP contribution < -0.4 is 10.6 Å². The van der Waals surface area contributed by atoms with Crippen molar-refractivity contribution in [2.45, 2.75) is 12.5 Å². The SMILES string of the molecule is CN=C(NCc1ncccc1F)NCC(c1ccccc1)c1ccccc1.I. The maximum atomic E-state index is 13.7. The smallest absolute Gasteiger partial charge is 0.191 e. The summed E-state index contributed by atoms with van der Waals surface area (Å²) >= 11 is 0. The quantitative estimate of drug-likeness (QED) is 0.307. The molecule has 0 aliphatic heterocycles. The zero-order valence-electron chi connectivity index (χ0n) is 15.7. The second-order valence-electron chi connectivity index (χ2n) is 6.11. The Hall–Kier alpha value is -2.48. The van der Waals surface area contributed by atoms with Crippen LogP contribution in [-0.2, 0) is 6.54 Å². The molecular weight excluding hydrogens is 466 g/mol. The van der Waals surface area contributed by atoms with Crippen molar-refractivity contribution in [3.8, 4) is 0 Å². The van der Waals surface area contributed by atoms with Gasteiger partial charge in [0.1, 0.15) is 5.82 Å². The average molecular weight is 490 g/mol. The Morgan fingerprint density at radius 2 is 1.54 bits per heavy atom. The van der Waals surface area contributed by atoms with Crippen LogP contribution in [0.3, 0.4) is 0 Å². The highest BCUT2D eigenvalue weighted by Gasteiger charge is 2.14. The third kappa shape index (κ3) is 6.02. The van der Waals surface area contributed by atoms with E-state index in [2.05, 4.69) is 44.9 Å². The molecule has 0 bridgehead atoms. The van der Waals surface area contributed by atoms with E-state index >= 15 is 0 Å². The first kappa shape index (κ1) is 21.8. The fourth-order valence-electron chi connectivity index (χ4n) is 2.93. The van der Waals surface area contributed by atoms with Gasteiger partial charge in [0.15, 0.2) is 5.96 Å². The van der Waals surface area contributed by atoms with Gasteiger partial charge in [-0.1, -0.05) is 60.7 Å². The summed E-state index contributed by atoms with van der Waals surface area (Å²) in [5.74, 6) is 0.460. The van der Waals surface area contributed by atoms with Crippen LogP contribution in [0.1, 0.15) is 22.7 Å². The number of aliphatic imine (C=N–C) groups is 1. The number of rotatable bonds is 6. The minimum Gasteiger partial charge on any atom is -0.355 e. The van der Waals surface area contributed by atoms with Crippen molar-refractivity contribution < 1.29 is 4.39 Å². The fraction of sp³-hybridized carbons (Fsp3) is 0.182. The molecule has 1 heterocycles. The van der Waals surface area contributed by atoms with Crippen LogP contribution in [0.4, 0.5) is 4.39 Å². The highest BCUT2D eigenvalue weighted by Crippen LogP contribution is 2.23. The standard InChI is InChI=1S/C22H23FN4.HI/c1-24-22(27-16-21-20(23)13-8-14-25-21)26-15-19(17-9-4-2-5-10-17)18-11-6-3-7-12-18;/h2-14,19H,15-16H2,1H3,(H2,24,26,27);1H. The predicted octanol–water partition coefficient (Wildman–Crippen LogP) is 4.34. The van der Waals surface area contributed by atoms with Crippen molar-refractivity contribution >= 4 is 29.9 Å². The molecule has 2 N–H and O–H groups in total. The number of hydrogen-bond acceptors (Lipinski definition) is 2. The van der Waals surface area contributed by atoms with Gasteiger partial charge < -0.3 is 10.6 Å². The number of hydrogen-bond donors (Lipinski definition) is 2. The summed E-state index contributed by atoms with van der Waals surface area (Å²) in [4.78, 5) is 8.29. The number of nitrogens with one attached hydrogen (secondary N) is 2. The average Bonchev–Trinajstić information content (AvgIpc) is 2.73. The zero-order valence-corrected chi connectivity index (χ0v) is 18.0. The lowest BCUT2D eigenvalue weighted by Gasteiger charge is -2.20. The molecule has 3 aromatic rings. The Bertz CT molecular complexity index is 832. The van der Waals surface area contributed by atoms with E-state index < -0.39 is 0 Å². The maximum Gasteiger partial charge on any atom is 0.191 e. The first-order valence-corrected chi connectivity index (χ1v) is 8.91. The Morgan fingerprint density at radius 1 is 0.929 bits per heavy atom. The van der Waals surface area contributed by atoms with Crippen LogP contribution in [0.15, 0.2) is 84.0 Å². The van der Waals surface area contributed by atoms with Gasteiger partial charge in [-0.3, -0.25) is 9.98 Å². The molecule has 0 radical (unpaired) electrons. The topological polar surface area (TPSA) is 49.3 Å². The lowest BCUT2D eigenvalue weighted by molar-refractivity contribution is 0.592. The van der Waals surface area contributed by atoms with Crippen LogP contribution in [0.25, 0.3) is 0 Å². The zero-order chi connectivity index (χ0) is 18.9. The molecule has 146 valence electrons. The summed E-state index contributed by atoms with van der Waals surface area (Å²) in [6.45, 7) is 0.937. The first-order chi connectivity index (χ1) is 13.3. The molecule has 2 aromatic carbocycles. The molecule has 3 rings (SSSR count). The lowest BCUT2D eigenvalue weighted by Crippen LogP contribution is -2.39. The number of guanidine groups is 1. The molecule has 28 heavy (non-hydrogen) atoms. The summed E-state index contributed by atoms with van der Waals surface area (Å²) < 4.78 is 13.7. The first-order valence-electron chi connectivity index (χ1n) is 8.91. The molecule has 0 spiro atoms. The molecule has 0 aliphatic rings. The van der Waals surface area contributed by atoms with E-state index in [0.717, 1.165) is 0 Å². The van der Waals surface area contributed by atoms with Crippen molar-refractivity contribution in [1.29, 1.82) is 0 Å². The Morgan fingerprint density at radius 3 is 2.07 bits per heavy atom. The fourth-order valence-corrected chi connectivity index (χ4v) is 2.93. The Kier molecular flexibility index (Phi) is 8.87. The van der Waals surface area contributed by atoms with E-state index in [1.807, 2.05) is 36.4 Å². The van der Waals surface area contributed by atoms with Crippen LogP contribution >= 0.6 is 24.0 Å². The number of benzene rings is 2. The second-order valence-corrected chi connectivity index (χ2v) is 6.11. The van der Waals surface area contributed by atoms with Crippen LogP contribution in [0.5, 0.6) is 0 Å². The minimum absolute atomic E-state index is 0. The van der Waals surface area contributed by atoms with E-state index in [9.17, 15) is 4.39 Å². The van der Waals surface area contributed by atoms with E-state index in [1.165, 1.54) is 17.2 Å². The third-order valence-corrected chi connectivity index (χ3v) is 4.36. The van der Waals surface area contributed by atoms with Gasteiger partial charge in [-0.15, -0.1) is 24.0 Å². The summed E-state index contributed by atoms with van der Waals surface area (Å²) in [5, 5.41) is 6.47. The molecule has 0 atom stereocenters. The van der Waals surface area contributed by atoms with Gasteiger partial charge in [-0.05, 0) is 23.3 Å². The van der Waals surface area contributed by atoms with Gasteiger partial charge in [0.05, 0.1) is 12.2 Å². The van der Waals surface area contributed by atoms with Gasteiger partial charge in [-0.25, -0.2) is 4.39 Å². The second kappa shape index (κ2) is 11.4. The molecule has 6 heteroatoms. The maximum absolute atomic E-state index is 13.7. The molecule has 4 nitrogen and oxygen atoms in total. The van der Waals surface area contributed by atoms with E-state index in [1.54, 1.807) is 19.3 Å².